The van der Waals surface area contributed by atoms with Crippen molar-refractivity contribution in [2.45, 2.75) is 70.5 Å². The molecular formula is C16H27N3O. The van der Waals surface area contributed by atoms with Crippen molar-refractivity contribution in [3.8, 4) is 0 Å². The number of carbonyl (C=O) groups excluding carboxylic acids is 1. The molecule has 1 saturated carbocycles. The Balaban J connectivity index is 1.81. The van der Waals surface area contributed by atoms with Crippen LogP contribution in [-0.4, -0.2) is 16.5 Å². The molecule has 1 atom stereocenters. The standard InChI is InChI=1S/C16H27N3O/c1-2-6-15(17)13-9-10-19(11-13)12-16(20)18-14-7-4-3-5-8-14/h9-11,14-15H,2-8,12,17H2,1H3,(H,18,20). The maximum absolute atomic E-state index is 12.0. The molecule has 0 aromatic carbocycles. The minimum Gasteiger partial charge on any atom is -0.352 e. The topological polar surface area (TPSA) is 60.0 Å². The Hall–Kier alpha value is -1.29. The van der Waals surface area contributed by atoms with E-state index in [9.17, 15) is 4.79 Å². The van der Waals surface area contributed by atoms with E-state index in [4.69, 9.17) is 5.73 Å². The van der Waals surface area contributed by atoms with Crippen molar-refractivity contribution in [3.63, 3.8) is 0 Å². The summed E-state index contributed by atoms with van der Waals surface area (Å²) < 4.78 is 1.93. The molecule has 4 nitrogen and oxygen atoms in total. The van der Waals surface area contributed by atoms with Crippen LogP contribution in [0.25, 0.3) is 0 Å². The van der Waals surface area contributed by atoms with Crippen LogP contribution in [0.4, 0.5) is 0 Å². The lowest BCUT2D eigenvalue weighted by molar-refractivity contribution is -0.122. The van der Waals surface area contributed by atoms with Gasteiger partial charge in [-0.25, -0.2) is 0 Å². The van der Waals surface area contributed by atoms with Crippen LogP contribution in [-0.2, 0) is 11.3 Å². The van der Waals surface area contributed by atoms with Crippen LogP contribution in [0.5, 0.6) is 0 Å². The molecule has 2 rings (SSSR count). The molecule has 112 valence electrons. The van der Waals surface area contributed by atoms with Gasteiger partial charge in [0.15, 0.2) is 0 Å². The fourth-order valence-electron chi connectivity index (χ4n) is 2.94. The average molecular weight is 277 g/mol. The van der Waals surface area contributed by atoms with E-state index >= 15 is 0 Å². The highest BCUT2D eigenvalue weighted by Gasteiger charge is 2.16. The lowest BCUT2D eigenvalue weighted by Crippen LogP contribution is -2.38. The highest BCUT2D eigenvalue weighted by molar-refractivity contribution is 5.76. The van der Waals surface area contributed by atoms with Crippen LogP contribution in [0.3, 0.4) is 0 Å². The first-order chi connectivity index (χ1) is 9.69. The summed E-state index contributed by atoms with van der Waals surface area (Å²) in [5, 5.41) is 3.14. The van der Waals surface area contributed by atoms with Gasteiger partial charge in [0, 0.05) is 24.5 Å². The molecule has 0 radical (unpaired) electrons. The highest BCUT2D eigenvalue weighted by atomic mass is 16.2. The monoisotopic (exact) mass is 277 g/mol. The number of rotatable bonds is 6. The first-order valence-electron chi connectivity index (χ1n) is 7.89. The molecule has 1 aromatic rings. The van der Waals surface area contributed by atoms with E-state index in [1.54, 1.807) is 0 Å². The van der Waals surface area contributed by atoms with E-state index < -0.39 is 0 Å². The summed E-state index contributed by atoms with van der Waals surface area (Å²) in [5.74, 6) is 0.114. The Morgan fingerprint density at radius 3 is 2.90 bits per heavy atom. The van der Waals surface area contributed by atoms with Gasteiger partial charge in [-0.05, 0) is 30.9 Å². The van der Waals surface area contributed by atoms with Crippen LogP contribution < -0.4 is 11.1 Å². The lowest BCUT2D eigenvalue weighted by atomic mass is 9.95. The smallest absolute Gasteiger partial charge is 0.240 e. The number of carbonyl (C=O) groups is 1. The van der Waals surface area contributed by atoms with Gasteiger partial charge in [-0.1, -0.05) is 32.6 Å². The molecular weight excluding hydrogens is 250 g/mol. The Morgan fingerprint density at radius 1 is 1.45 bits per heavy atom. The maximum Gasteiger partial charge on any atom is 0.240 e. The third-order valence-corrected chi connectivity index (χ3v) is 4.10. The Labute approximate surface area is 121 Å². The predicted molar refractivity (Wildman–Crippen MR) is 81.3 cm³/mol. The number of nitrogens with zero attached hydrogens (tertiary/aromatic N) is 1. The Kier molecular flexibility index (Phi) is 5.65. The number of hydrogen-bond acceptors (Lipinski definition) is 2. The maximum atomic E-state index is 12.0. The molecule has 1 aliphatic rings. The molecule has 0 aliphatic heterocycles. The van der Waals surface area contributed by atoms with Gasteiger partial charge in [-0.2, -0.15) is 0 Å². The molecule has 1 aromatic heterocycles. The number of hydrogen-bond donors (Lipinski definition) is 2. The minimum atomic E-state index is 0.0858. The molecule has 1 amide bonds. The summed E-state index contributed by atoms with van der Waals surface area (Å²) in [6.45, 7) is 2.53. The molecule has 1 aliphatic carbocycles. The molecule has 1 heterocycles. The summed E-state index contributed by atoms with van der Waals surface area (Å²) >= 11 is 0. The van der Waals surface area contributed by atoms with Crippen LogP contribution >= 0.6 is 0 Å². The summed E-state index contributed by atoms with van der Waals surface area (Å²) in [6, 6.07) is 2.49. The van der Waals surface area contributed by atoms with E-state index in [0.717, 1.165) is 31.2 Å². The first kappa shape index (κ1) is 15.1. The number of amides is 1. The van der Waals surface area contributed by atoms with E-state index in [1.807, 2.05) is 23.0 Å². The molecule has 0 spiro atoms. The number of aromatic nitrogens is 1. The van der Waals surface area contributed by atoms with Gasteiger partial charge in [0.05, 0.1) is 0 Å². The van der Waals surface area contributed by atoms with Gasteiger partial charge in [-0.3, -0.25) is 4.79 Å². The summed E-state index contributed by atoms with van der Waals surface area (Å²) in [5.41, 5.74) is 7.21. The van der Waals surface area contributed by atoms with Gasteiger partial charge in [0.2, 0.25) is 5.91 Å². The fourth-order valence-corrected chi connectivity index (χ4v) is 2.94. The predicted octanol–water partition coefficient (Wildman–Crippen LogP) is 2.74. The minimum absolute atomic E-state index is 0.0858. The molecule has 1 unspecified atom stereocenters. The van der Waals surface area contributed by atoms with Gasteiger partial charge in [-0.15, -0.1) is 0 Å². The molecule has 0 saturated heterocycles. The van der Waals surface area contributed by atoms with Crippen LogP contribution in [0.1, 0.15) is 63.5 Å². The molecule has 0 bridgehead atoms. The van der Waals surface area contributed by atoms with Crippen LogP contribution in [0, 0.1) is 0 Å². The molecule has 4 heteroatoms. The second kappa shape index (κ2) is 7.48. The average Bonchev–Trinajstić information content (AvgIpc) is 2.88. The van der Waals surface area contributed by atoms with Crippen molar-refractivity contribution in [1.82, 2.24) is 9.88 Å². The van der Waals surface area contributed by atoms with Gasteiger partial charge in [0.25, 0.3) is 0 Å². The van der Waals surface area contributed by atoms with Gasteiger partial charge < -0.3 is 15.6 Å². The van der Waals surface area contributed by atoms with E-state index in [0.29, 0.717) is 12.6 Å². The highest BCUT2D eigenvalue weighted by Crippen LogP contribution is 2.18. The SMILES string of the molecule is CCCC(N)c1ccn(CC(=O)NC2CCCCC2)c1. The van der Waals surface area contributed by atoms with Crippen molar-refractivity contribution in [2.75, 3.05) is 0 Å². The van der Waals surface area contributed by atoms with Crippen molar-refractivity contribution < 1.29 is 4.79 Å². The number of nitrogens with two attached hydrogens (primary N) is 1. The van der Waals surface area contributed by atoms with Crippen LogP contribution in [0.15, 0.2) is 18.5 Å². The molecule has 20 heavy (non-hydrogen) atoms. The quantitative estimate of drug-likeness (QED) is 0.840. The zero-order chi connectivity index (χ0) is 14.4. The second-order valence-corrected chi connectivity index (χ2v) is 5.91. The van der Waals surface area contributed by atoms with Crippen molar-refractivity contribution in [3.05, 3.63) is 24.0 Å². The van der Waals surface area contributed by atoms with Crippen molar-refractivity contribution in [1.29, 1.82) is 0 Å². The Bertz CT molecular complexity index is 421. The van der Waals surface area contributed by atoms with Gasteiger partial charge >= 0.3 is 0 Å². The van der Waals surface area contributed by atoms with Crippen molar-refractivity contribution >= 4 is 5.91 Å². The zero-order valence-electron chi connectivity index (χ0n) is 12.5. The third kappa shape index (κ3) is 4.37. The first-order valence-corrected chi connectivity index (χ1v) is 7.89. The number of nitrogens with one attached hydrogen (secondary N) is 1. The van der Waals surface area contributed by atoms with E-state index in [-0.39, 0.29) is 11.9 Å². The third-order valence-electron chi connectivity index (χ3n) is 4.10. The van der Waals surface area contributed by atoms with Crippen molar-refractivity contribution in [2.24, 2.45) is 5.73 Å². The Morgan fingerprint density at radius 2 is 2.20 bits per heavy atom. The lowest BCUT2D eigenvalue weighted by Gasteiger charge is -2.22. The fraction of sp³-hybridized carbons (Fsp3) is 0.688. The van der Waals surface area contributed by atoms with Gasteiger partial charge in [0.1, 0.15) is 6.54 Å². The molecule has 3 N–H and O–H groups in total. The van der Waals surface area contributed by atoms with Crippen LogP contribution in [0.2, 0.25) is 0 Å². The zero-order valence-corrected chi connectivity index (χ0v) is 12.5. The summed E-state index contributed by atoms with van der Waals surface area (Å²) in [6.07, 6.45) is 12.1. The largest absolute Gasteiger partial charge is 0.352 e. The van der Waals surface area contributed by atoms with E-state index in [2.05, 4.69) is 12.2 Å². The normalized spacial score (nSPS) is 17.9. The summed E-state index contributed by atoms with van der Waals surface area (Å²) in [7, 11) is 0. The molecule has 1 fully saturated rings. The second-order valence-electron chi connectivity index (χ2n) is 5.91. The summed E-state index contributed by atoms with van der Waals surface area (Å²) in [4.78, 5) is 12.0. The van der Waals surface area contributed by atoms with E-state index in [1.165, 1.54) is 19.3 Å².